The van der Waals surface area contributed by atoms with Crippen molar-refractivity contribution in [2.75, 3.05) is 6.54 Å². The molecule has 0 radical (unpaired) electrons. The summed E-state index contributed by atoms with van der Waals surface area (Å²) >= 11 is 0. The predicted molar refractivity (Wildman–Crippen MR) is 75.7 cm³/mol. The molecular weight excluding hydrogens is 236 g/mol. The number of nitrogens with one attached hydrogen (secondary N) is 1. The fourth-order valence-electron chi connectivity index (χ4n) is 3.79. The number of hydrogen-bond acceptors (Lipinski definition) is 4. The Morgan fingerprint density at radius 2 is 2.11 bits per heavy atom. The van der Waals surface area contributed by atoms with E-state index in [9.17, 15) is 0 Å². The van der Waals surface area contributed by atoms with Crippen LogP contribution in [-0.2, 0) is 6.54 Å². The molecule has 0 aliphatic carbocycles. The summed E-state index contributed by atoms with van der Waals surface area (Å²) in [6.45, 7) is 4.30. The van der Waals surface area contributed by atoms with Crippen molar-refractivity contribution in [3.63, 3.8) is 0 Å². The van der Waals surface area contributed by atoms with E-state index in [-0.39, 0.29) is 0 Å². The van der Waals surface area contributed by atoms with Crippen molar-refractivity contribution in [2.24, 2.45) is 0 Å². The van der Waals surface area contributed by atoms with Gasteiger partial charge in [0.1, 0.15) is 6.33 Å². The van der Waals surface area contributed by atoms with Crippen molar-refractivity contribution in [3.8, 4) is 0 Å². The van der Waals surface area contributed by atoms with Gasteiger partial charge < -0.3 is 5.32 Å². The first-order valence-electron chi connectivity index (χ1n) is 7.61. The quantitative estimate of drug-likeness (QED) is 0.898. The number of aromatic nitrogens is 2. The van der Waals surface area contributed by atoms with Gasteiger partial charge in [0.2, 0.25) is 0 Å². The molecule has 2 unspecified atom stereocenters. The van der Waals surface area contributed by atoms with Crippen LogP contribution in [0.1, 0.15) is 44.7 Å². The Balaban J connectivity index is 1.68. The van der Waals surface area contributed by atoms with Gasteiger partial charge in [0.15, 0.2) is 0 Å². The molecule has 2 aliphatic heterocycles. The summed E-state index contributed by atoms with van der Waals surface area (Å²) in [5.41, 5.74) is 1.16. The van der Waals surface area contributed by atoms with E-state index in [0.29, 0.717) is 0 Å². The minimum atomic E-state index is 0.724. The summed E-state index contributed by atoms with van der Waals surface area (Å²) in [5, 5.41) is 3.65. The Morgan fingerprint density at radius 3 is 2.74 bits per heavy atom. The van der Waals surface area contributed by atoms with Gasteiger partial charge in [-0.15, -0.1) is 0 Å². The third-order valence-electron chi connectivity index (χ3n) is 4.61. The molecule has 2 atom stereocenters. The summed E-state index contributed by atoms with van der Waals surface area (Å²) in [5.74, 6) is 0. The Bertz CT molecular complexity index is 380. The molecule has 1 aromatic rings. The summed E-state index contributed by atoms with van der Waals surface area (Å²) in [7, 11) is 0. The van der Waals surface area contributed by atoms with Crippen molar-refractivity contribution >= 4 is 0 Å². The second-order valence-electron chi connectivity index (χ2n) is 5.84. The van der Waals surface area contributed by atoms with Crippen LogP contribution in [0.4, 0.5) is 0 Å². The Hall–Kier alpha value is -1.00. The molecule has 3 rings (SSSR count). The van der Waals surface area contributed by atoms with Crippen LogP contribution in [0.5, 0.6) is 0 Å². The van der Waals surface area contributed by atoms with Crippen molar-refractivity contribution < 1.29 is 0 Å². The molecular formula is C15H24N4. The highest BCUT2D eigenvalue weighted by Gasteiger charge is 2.37. The van der Waals surface area contributed by atoms with Crippen LogP contribution in [0.3, 0.4) is 0 Å². The van der Waals surface area contributed by atoms with Crippen LogP contribution < -0.4 is 5.32 Å². The maximum Gasteiger partial charge on any atom is 0.115 e. The molecule has 0 amide bonds. The van der Waals surface area contributed by atoms with E-state index in [1.165, 1.54) is 32.1 Å². The lowest BCUT2D eigenvalue weighted by atomic mass is 9.81. The lowest BCUT2D eigenvalue weighted by Crippen LogP contribution is -2.55. The first-order valence-corrected chi connectivity index (χ1v) is 7.61. The van der Waals surface area contributed by atoms with Crippen molar-refractivity contribution in [1.82, 2.24) is 20.2 Å². The van der Waals surface area contributed by atoms with Gasteiger partial charge in [-0.2, -0.15) is 0 Å². The Kier molecular flexibility index (Phi) is 4.09. The third kappa shape index (κ3) is 2.95. The molecule has 2 fully saturated rings. The van der Waals surface area contributed by atoms with Crippen molar-refractivity contribution in [1.29, 1.82) is 0 Å². The maximum absolute atomic E-state index is 4.39. The van der Waals surface area contributed by atoms with Crippen LogP contribution in [0, 0.1) is 0 Å². The summed E-state index contributed by atoms with van der Waals surface area (Å²) in [6, 6.07) is 4.26. The molecule has 2 aliphatic rings. The molecule has 4 nitrogen and oxygen atoms in total. The summed E-state index contributed by atoms with van der Waals surface area (Å²) < 4.78 is 0. The molecule has 2 bridgehead atoms. The van der Waals surface area contributed by atoms with E-state index < -0.39 is 0 Å². The number of piperidine rings is 2. The molecule has 19 heavy (non-hydrogen) atoms. The van der Waals surface area contributed by atoms with Crippen LogP contribution in [0.15, 0.2) is 18.6 Å². The normalized spacial score (nSPS) is 31.3. The van der Waals surface area contributed by atoms with Gasteiger partial charge in [0.25, 0.3) is 0 Å². The first-order chi connectivity index (χ1) is 9.36. The Labute approximate surface area is 115 Å². The average molecular weight is 260 g/mol. The fourth-order valence-corrected chi connectivity index (χ4v) is 3.79. The number of rotatable bonds is 4. The number of fused-ring (bicyclic) bond motifs is 2. The zero-order chi connectivity index (χ0) is 13.1. The molecule has 104 valence electrons. The standard InChI is InChI=1S/C15H24N4/c1-2-17-13-8-14-4-3-5-15(9-13)19(14)10-12-6-7-16-11-18-12/h6-7,11,13-15,17H,2-5,8-10H2,1H3. The zero-order valence-electron chi connectivity index (χ0n) is 11.8. The number of hydrogen-bond donors (Lipinski definition) is 1. The highest BCUT2D eigenvalue weighted by atomic mass is 15.2. The monoisotopic (exact) mass is 260 g/mol. The van der Waals surface area contributed by atoms with E-state index in [4.69, 9.17) is 0 Å². The van der Waals surface area contributed by atoms with E-state index in [1.807, 2.05) is 12.3 Å². The van der Waals surface area contributed by atoms with Gasteiger partial charge in [0.05, 0.1) is 5.69 Å². The second-order valence-corrected chi connectivity index (χ2v) is 5.84. The highest BCUT2D eigenvalue weighted by molar-refractivity contribution is 5.02. The van der Waals surface area contributed by atoms with Crippen LogP contribution in [-0.4, -0.2) is 39.5 Å². The minimum Gasteiger partial charge on any atom is -0.314 e. The predicted octanol–water partition coefficient (Wildman–Crippen LogP) is 1.97. The second kappa shape index (κ2) is 5.97. The molecule has 3 heterocycles. The maximum atomic E-state index is 4.39. The molecule has 1 aromatic heterocycles. The third-order valence-corrected chi connectivity index (χ3v) is 4.61. The topological polar surface area (TPSA) is 41.0 Å². The first kappa shape index (κ1) is 13.0. The lowest BCUT2D eigenvalue weighted by molar-refractivity contribution is 0.0170. The van der Waals surface area contributed by atoms with Gasteiger partial charge in [-0.05, 0) is 38.3 Å². The van der Waals surface area contributed by atoms with Gasteiger partial charge in [-0.25, -0.2) is 9.97 Å². The molecule has 2 saturated heterocycles. The fraction of sp³-hybridized carbons (Fsp3) is 0.733. The minimum absolute atomic E-state index is 0.724. The lowest BCUT2D eigenvalue weighted by Gasteiger charge is -2.49. The van der Waals surface area contributed by atoms with Crippen LogP contribution >= 0.6 is 0 Å². The van der Waals surface area contributed by atoms with E-state index in [0.717, 1.165) is 36.9 Å². The van der Waals surface area contributed by atoms with Gasteiger partial charge in [0, 0.05) is 30.9 Å². The summed E-state index contributed by atoms with van der Waals surface area (Å²) in [6.07, 6.45) is 10.2. The van der Waals surface area contributed by atoms with Crippen molar-refractivity contribution in [2.45, 2.75) is 63.7 Å². The SMILES string of the molecule is CCNC1CC2CCCC(C1)N2Cc1ccncn1. The summed E-state index contributed by atoms with van der Waals surface area (Å²) in [4.78, 5) is 11.1. The van der Waals surface area contributed by atoms with Crippen molar-refractivity contribution in [3.05, 3.63) is 24.3 Å². The molecule has 0 aromatic carbocycles. The molecule has 4 heteroatoms. The van der Waals surface area contributed by atoms with Crippen LogP contribution in [0.25, 0.3) is 0 Å². The average Bonchev–Trinajstić information content (AvgIpc) is 2.41. The van der Waals surface area contributed by atoms with E-state index in [1.54, 1.807) is 6.33 Å². The molecule has 1 N–H and O–H groups in total. The van der Waals surface area contributed by atoms with E-state index >= 15 is 0 Å². The van der Waals surface area contributed by atoms with Crippen LogP contribution in [0.2, 0.25) is 0 Å². The van der Waals surface area contributed by atoms with Gasteiger partial charge >= 0.3 is 0 Å². The van der Waals surface area contributed by atoms with Gasteiger partial charge in [-0.3, -0.25) is 4.90 Å². The highest BCUT2D eigenvalue weighted by Crippen LogP contribution is 2.34. The molecule has 0 spiro atoms. The number of nitrogens with zero attached hydrogens (tertiary/aromatic N) is 3. The van der Waals surface area contributed by atoms with Gasteiger partial charge in [-0.1, -0.05) is 13.3 Å². The largest absolute Gasteiger partial charge is 0.314 e. The smallest absolute Gasteiger partial charge is 0.115 e. The Morgan fingerprint density at radius 1 is 1.32 bits per heavy atom. The molecule has 0 saturated carbocycles. The zero-order valence-corrected chi connectivity index (χ0v) is 11.8. The van der Waals surface area contributed by atoms with E-state index in [2.05, 4.69) is 27.1 Å².